The van der Waals surface area contributed by atoms with E-state index in [9.17, 15) is 19.2 Å². The average molecular weight is 567 g/mol. The fraction of sp³-hybridized carbons (Fsp3) is 0.310. The molecule has 0 unspecified atom stereocenters. The van der Waals surface area contributed by atoms with Crippen molar-refractivity contribution in [3.63, 3.8) is 0 Å². The van der Waals surface area contributed by atoms with Gasteiger partial charge < -0.3 is 25.4 Å². The smallest absolute Gasteiger partial charge is 0.261 e. The predicted molar refractivity (Wildman–Crippen MR) is 155 cm³/mol. The molecule has 0 bridgehead atoms. The van der Waals surface area contributed by atoms with Gasteiger partial charge in [0.25, 0.3) is 5.91 Å². The van der Waals surface area contributed by atoms with E-state index in [1.807, 2.05) is 20.8 Å². The number of methoxy groups -OCH3 is 2. The minimum Gasteiger partial charge on any atom is -0.493 e. The molecule has 1 heterocycles. The van der Waals surface area contributed by atoms with Gasteiger partial charge in [-0.1, -0.05) is 12.1 Å². The van der Waals surface area contributed by atoms with Crippen LogP contribution in [0.25, 0.3) is 0 Å². The summed E-state index contributed by atoms with van der Waals surface area (Å²) in [5.74, 6) is -0.768. The molecule has 10 nitrogen and oxygen atoms in total. The first-order valence-corrected chi connectivity index (χ1v) is 13.4. The summed E-state index contributed by atoms with van der Waals surface area (Å²) in [4.78, 5) is 53.6. The third-order valence-corrected chi connectivity index (χ3v) is 6.48. The second-order valence-corrected chi connectivity index (χ2v) is 10.9. The molecule has 0 spiro atoms. The molecule has 0 saturated carbocycles. The van der Waals surface area contributed by atoms with E-state index in [4.69, 9.17) is 9.47 Å². The van der Waals surface area contributed by atoms with Crippen LogP contribution in [0.2, 0.25) is 0 Å². The molecule has 1 aromatic heterocycles. The number of carbonyl (C=O) groups is 4. The van der Waals surface area contributed by atoms with Gasteiger partial charge in [-0.15, -0.1) is 11.3 Å². The van der Waals surface area contributed by atoms with Crippen molar-refractivity contribution < 1.29 is 28.7 Å². The molecule has 0 aliphatic heterocycles. The summed E-state index contributed by atoms with van der Waals surface area (Å²) in [6.45, 7) is 6.55. The molecule has 1 atom stereocenters. The van der Waals surface area contributed by atoms with Crippen molar-refractivity contribution in [3.8, 4) is 11.5 Å². The van der Waals surface area contributed by atoms with Crippen LogP contribution in [0.15, 0.2) is 60.0 Å². The molecule has 212 valence electrons. The summed E-state index contributed by atoms with van der Waals surface area (Å²) >= 11 is 1.25. The van der Waals surface area contributed by atoms with E-state index in [-0.39, 0.29) is 12.5 Å². The molecule has 3 N–H and O–H groups in total. The zero-order valence-corrected chi connectivity index (χ0v) is 24.2. The largest absolute Gasteiger partial charge is 0.493 e. The summed E-state index contributed by atoms with van der Waals surface area (Å²) in [6, 6.07) is 13.8. The lowest BCUT2D eigenvalue weighted by Gasteiger charge is -2.34. The Morgan fingerprint density at radius 1 is 0.950 bits per heavy atom. The fourth-order valence-electron chi connectivity index (χ4n) is 3.96. The zero-order chi connectivity index (χ0) is 29.4. The fourth-order valence-corrected chi connectivity index (χ4v) is 4.60. The highest BCUT2D eigenvalue weighted by Gasteiger charge is 2.35. The molecule has 2 aromatic carbocycles. The van der Waals surface area contributed by atoms with Crippen molar-refractivity contribution in [2.75, 3.05) is 31.0 Å². The lowest BCUT2D eigenvalue weighted by molar-refractivity contribution is -0.127. The van der Waals surface area contributed by atoms with Crippen molar-refractivity contribution in [2.24, 2.45) is 0 Å². The van der Waals surface area contributed by atoms with Crippen LogP contribution in [0.1, 0.15) is 49.0 Å². The first kappa shape index (κ1) is 30.2. The van der Waals surface area contributed by atoms with Crippen LogP contribution in [-0.4, -0.2) is 49.9 Å². The normalized spacial score (nSPS) is 11.7. The van der Waals surface area contributed by atoms with Crippen molar-refractivity contribution in [3.05, 3.63) is 70.4 Å². The number of rotatable bonds is 10. The van der Waals surface area contributed by atoms with Gasteiger partial charge in [-0.05, 0) is 74.2 Å². The highest BCUT2D eigenvalue weighted by atomic mass is 32.1. The third kappa shape index (κ3) is 7.82. The van der Waals surface area contributed by atoms with E-state index in [1.54, 1.807) is 60.0 Å². The summed E-state index contributed by atoms with van der Waals surface area (Å²) in [5, 5.41) is 10.1. The van der Waals surface area contributed by atoms with Gasteiger partial charge in [0.1, 0.15) is 6.04 Å². The zero-order valence-electron chi connectivity index (χ0n) is 23.4. The molecular formula is C29H34N4O6S. The Bertz CT molecular complexity index is 1350. The van der Waals surface area contributed by atoms with Crippen LogP contribution in [0.4, 0.5) is 11.4 Å². The number of thiophene rings is 1. The number of nitrogens with zero attached hydrogens (tertiary/aromatic N) is 1. The quantitative estimate of drug-likeness (QED) is 0.339. The minimum absolute atomic E-state index is 0.246. The molecule has 3 aromatic rings. The van der Waals surface area contributed by atoms with Crippen molar-refractivity contribution in [1.29, 1.82) is 0 Å². The minimum atomic E-state index is -1.14. The van der Waals surface area contributed by atoms with Crippen LogP contribution in [0.3, 0.4) is 0 Å². The summed E-state index contributed by atoms with van der Waals surface area (Å²) in [5.41, 5.74) is 0.761. The van der Waals surface area contributed by atoms with E-state index in [0.29, 0.717) is 33.3 Å². The van der Waals surface area contributed by atoms with Crippen molar-refractivity contribution >= 4 is 46.3 Å². The van der Waals surface area contributed by atoms with E-state index in [2.05, 4.69) is 16.0 Å². The molecule has 0 aliphatic rings. The monoisotopic (exact) mass is 566 g/mol. The van der Waals surface area contributed by atoms with E-state index in [0.717, 1.165) is 0 Å². The van der Waals surface area contributed by atoms with Crippen molar-refractivity contribution in [2.45, 2.75) is 39.3 Å². The molecule has 0 fully saturated rings. The Morgan fingerprint density at radius 3 is 2.17 bits per heavy atom. The SMILES string of the molecule is COc1ccc([C@H](C(=O)NC(C)(C)C)N(C(=O)CNC(=O)c2cccs2)c2ccc(NC(C)=O)cc2)cc1OC. The van der Waals surface area contributed by atoms with Gasteiger partial charge in [0.15, 0.2) is 11.5 Å². The molecule has 0 saturated heterocycles. The summed E-state index contributed by atoms with van der Waals surface area (Å²) in [6.07, 6.45) is 0. The molecule has 0 radical (unpaired) electrons. The lowest BCUT2D eigenvalue weighted by atomic mass is 10.00. The third-order valence-electron chi connectivity index (χ3n) is 5.61. The van der Waals surface area contributed by atoms with Gasteiger partial charge in [-0.25, -0.2) is 0 Å². The molecular weight excluding hydrogens is 532 g/mol. The Hall–Kier alpha value is -4.38. The van der Waals surface area contributed by atoms with Crippen LogP contribution >= 0.6 is 11.3 Å². The van der Waals surface area contributed by atoms with Gasteiger partial charge in [0, 0.05) is 23.8 Å². The summed E-state index contributed by atoms with van der Waals surface area (Å²) in [7, 11) is 2.99. The van der Waals surface area contributed by atoms with E-state index in [1.165, 1.54) is 37.4 Å². The Labute approximate surface area is 237 Å². The highest BCUT2D eigenvalue weighted by Crippen LogP contribution is 2.35. The van der Waals surface area contributed by atoms with Gasteiger partial charge in [-0.2, -0.15) is 0 Å². The first-order chi connectivity index (χ1) is 18.9. The van der Waals surface area contributed by atoms with Gasteiger partial charge in [0.2, 0.25) is 17.7 Å². The number of carbonyl (C=O) groups excluding carboxylic acids is 4. The standard InChI is InChI=1S/C29H34N4O6S/c1-18(34)31-20-10-12-21(13-11-20)33(25(35)17-30-27(36)24-8-7-15-40-24)26(28(37)32-29(2,3)4)19-9-14-22(38-5)23(16-19)39-6/h7-16,26H,17H2,1-6H3,(H,30,36)(H,31,34)(H,32,37)/t26-/m1/s1. The number of nitrogens with one attached hydrogen (secondary N) is 3. The number of benzene rings is 2. The van der Waals surface area contributed by atoms with Crippen molar-refractivity contribution in [1.82, 2.24) is 10.6 Å². The predicted octanol–water partition coefficient (Wildman–Crippen LogP) is 4.14. The lowest BCUT2D eigenvalue weighted by Crippen LogP contribution is -2.51. The second-order valence-electron chi connectivity index (χ2n) is 9.91. The van der Waals surface area contributed by atoms with E-state index >= 15 is 0 Å². The maximum absolute atomic E-state index is 13.9. The number of hydrogen-bond acceptors (Lipinski definition) is 7. The van der Waals surface area contributed by atoms with Gasteiger partial charge >= 0.3 is 0 Å². The first-order valence-electron chi connectivity index (χ1n) is 12.5. The molecule has 11 heteroatoms. The van der Waals surface area contributed by atoms with Crippen LogP contribution in [-0.2, 0) is 14.4 Å². The number of anilines is 2. The molecule has 4 amide bonds. The van der Waals surface area contributed by atoms with Crippen LogP contribution in [0, 0.1) is 0 Å². The Morgan fingerprint density at radius 2 is 1.62 bits per heavy atom. The number of hydrogen-bond donors (Lipinski definition) is 3. The van der Waals surface area contributed by atoms with Crippen LogP contribution in [0.5, 0.6) is 11.5 Å². The summed E-state index contributed by atoms with van der Waals surface area (Å²) < 4.78 is 10.8. The molecule has 3 rings (SSSR count). The van der Waals surface area contributed by atoms with Gasteiger partial charge in [0.05, 0.1) is 25.6 Å². The van der Waals surface area contributed by atoms with Gasteiger partial charge in [-0.3, -0.25) is 24.1 Å². The second kappa shape index (κ2) is 13.1. The Balaban J connectivity index is 2.10. The number of ether oxygens (including phenoxy) is 2. The average Bonchev–Trinajstić information content (AvgIpc) is 3.44. The molecule has 40 heavy (non-hydrogen) atoms. The molecule has 0 aliphatic carbocycles. The topological polar surface area (TPSA) is 126 Å². The van der Waals surface area contributed by atoms with E-state index < -0.39 is 29.3 Å². The maximum Gasteiger partial charge on any atom is 0.261 e. The Kier molecular flexibility index (Phi) is 9.89. The highest BCUT2D eigenvalue weighted by molar-refractivity contribution is 7.12. The van der Waals surface area contributed by atoms with Crippen LogP contribution < -0.4 is 30.3 Å². The number of amides is 4. The maximum atomic E-state index is 13.9.